The number of aliphatic hydroxyl groups is 1. The molecule has 0 amide bonds. The van der Waals surface area contributed by atoms with Crippen molar-refractivity contribution in [2.45, 2.75) is 19.4 Å². The average Bonchev–Trinajstić information content (AvgIpc) is 2.82. The van der Waals surface area contributed by atoms with Gasteiger partial charge in [-0.3, -0.25) is 0 Å². The van der Waals surface area contributed by atoms with Gasteiger partial charge in [0.15, 0.2) is 0 Å². The van der Waals surface area contributed by atoms with Crippen molar-refractivity contribution in [2.75, 3.05) is 26.2 Å². The van der Waals surface area contributed by atoms with Gasteiger partial charge in [0.05, 0.1) is 0 Å². The largest absolute Gasteiger partial charge is 0.462 e. The molecule has 0 unspecified atom stereocenters. The molecule has 0 aliphatic rings. The molecule has 0 heterocycles. The first-order valence-electron chi connectivity index (χ1n) is 10.4. The van der Waals surface area contributed by atoms with E-state index in [1.807, 2.05) is 60.7 Å². The molecule has 0 bridgehead atoms. The molecule has 4 nitrogen and oxygen atoms in total. The Hall–Kier alpha value is -2.95. The number of hydrogen-bond acceptors (Lipinski definition) is 4. The first kappa shape index (κ1) is 21.8. The first-order valence-corrected chi connectivity index (χ1v) is 10.4. The van der Waals surface area contributed by atoms with Crippen molar-refractivity contribution in [1.82, 2.24) is 4.90 Å². The van der Waals surface area contributed by atoms with Crippen molar-refractivity contribution in [3.8, 4) is 11.1 Å². The van der Waals surface area contributed by atoms with Crippen LogP contribution in [0.15, 0.2) is 84.9 Å². The summed E-state index contributed by atoms with van der Waals surface area (Å²) in [5, 5.41) is 11.6. The molecule has 0 saturated heterocycles. The summed E-state index contributed by atoms with van der Waals surface area (Å²) in [6.45, 7) is 6.78. The van der Waals surface area contributed by atoms with Gasteiger partial charge >= 0.3 is 5.97 Å². The van der Waals surface area contributed by atoms with Gasteiger partial charge in [-0.25, -0.2) is 4.79 Å². The van der Waals surface area contributed by atoms with Gasteiger partial charge in [0.25, 0.3) is 0 Å². The summed E-state index contributed by atoms with van der Waals surface area (Å²) in [6, 6.07) is 26.4. The highest BCUT2D eigenvalue weighted by Gasteiger charge is 2.41. The van der Waals surface area contributed by atoms with E-state index in [0.717, 1.165) is 24.2 Å². The van der Waals surface area contributed by atoms with Crippen LogP contribution in [-0.2, 0) is 15.1 Å². The third-order valence-electron chi connectivity index (χ3n) is 5.43. The number of likely N-dealkylation sites (N-methyl/N-ethyl adjacent to an activating group) is 1. The number of esters is 1. The van der Waals surface area contributed by atoms with Gasteiger partial charge in [-0.05, 0) is 35.3 Å². The maximum atomic E-state index is 13.1. The zero-order valence-corrected chi connectivity index (χ0v) is 17.6. The lowest BCUT2D eigenvalue weighted by molar-refractivity contribution is -0.162. The van der Waals surface area contributed by atoms with Gasteiger partial charge in [0.2, 0.25) is 5.60 Å². The Kier molecular flexibility index (Phi) is 7.39. The van der Waals surface area contributed by atoms with E-state index in [1.54, 1.807) is 24.3 Å². The molecule has 3 rings (SSSR count). The van der Waals surface area contributed by atoms with Gasteiger partial charge in [-0.2, -0.15) is 0 Å². The Morgan fingerprint density at radius 3 is 1.87 bits per heavy atom. The van der Waals surface area contributed by atoms with Gasteiger partial charge in [-0.1, -0.05) is 98.8 Å². The Balaban J connectivity index is 1.88. The van der Waals surface area contributed by atoms with Crippen molar-refractivity contribution < 1.29 is 14.6 Å². The molecule has 0 saturated carbocycles. The van der Waals surface area contributed by atoms with Crippen LogP contribution in [0, 0.1) is 0 Å². The lowest BCUT2D eigenvalue weighted by Gasteiger charge is -2.28. The highest BCUT2D eigenvalue weighted by atomic mass is 16.5. The minimum atomic E-state index is -1.86. The van der Waals surface area contributed by atoms with E-state index in [-0.39, 0.29) is 6.61 Å². The van der Waals surface area contributed by atoms with E-state index >= 15 is 0 Å². The van der Waals surface area contributed by atoms with Crippen molar-refractivity contribution in [2.24, 2.45) is 0 Å². The van der Waals surface area contributed by atoms with Crippen LogP contribution in [0.2, 0.25) is 0 Å². The van der Waals surface area contributed by atoms with E-state index in [1.165, 1.54) is 0 Å². The number of nitrogens with zero attached hydrogens (tertiary/aromatic N) is 1. The van der Waals surface area contributed by atoms with Crippen molar-refractivity contribution >= 4 is 5.97 Å². The highest BCUT2D eigenvalue weighted by Crippen LogP contribution is 2.32. The van der Waals surface area contributed by atoms with Crippen LogP contribution < -0.4 is 0 Å². The molecular formula is C26H29NO3. The summed E-state index contributed by atoms with van der Waals surface area (Å²) in [5.74, 6) is -0.659. The SMILES string of the molecule is CCN(CC)CCOC(=O)[C@@](O)(c1ccccc1)c1ccc(-c2ccccc2)cc1. The van der Waals surface area contributed by atoms with Crippen LogP contribution in [0.5, 0.6) is 0 Å². The van der Waals surface area contributed by atoms with Crippen LogP contribution >= 0.6 is 0 Å². The molecule has 3 aromatic carbocycles. The summed E-state index contributed by atoms with van der Waals surface area (Å²) in [6.07, 6.45) is 0. The predicted octanol–water partition coefficient (Wildman–Crippen LogP) is 4.47. The third kappa shape index (κ3) is 4.78. The fourth-order valence-electron chi connectivity index (χ4n) is 3.53. The fraction of sp³-hybridized carbons (Fsp3) is 0.269. The van der Waals surface area contributed by atoms with Crippen LogP contribution in [0.25, 0.3) is 11.1 Å². The lowest BCUT2D eigenvalue weighted by atomic mass is 9.85. The van der Waals surface area contributed by atoms with Crippen LogP contribution in [0.3, 0.4) is 0 Å². The number of hydrogen-bond donors (Lipinski definition) is 1. The zero-order valence-electron chi connectivity index (χ0n) is 17.6. The summed E-state index contributed by atoms with van der Waals surface area (Å²) in [4.78, 5) is 15.3. The molecule has 0 fully saturated rings. The minimum absolute atomic E-state index is 0.234. The van der Waals surface area contributed by atoms with E-state index in [9.17, 15) is 9.90 Å². The maximum Gasteiger partial charge on any atom is 0.347 e. The van der Waals surface area contributed by atoms with Gasteiger partial charge in [-0.15, -0.1) is 0 Å². The summed E-state index contributed by atoms with van der Waals surface area (Å²) < 4.78 is 5.53. The zero-order chi connectivity index (χ0) is 21.4. The molecular weight excluding hydrogens is 374 g/mol. The predicted molar refractivity (Wildman–Crippen MR) is 120 cm³/mol. The minimum Gasteiger partial charge on any atom is -0.462 e. The second-order valence-corrected chi connectivity index (χ2v) is 7.18. The molecule has 1 atom stereocenters. The Labute approximate surface area is 178 Å². The second kappa shape index (κ2) is 10.2. The highest BCUT2D eigenvalue weighted by molar-refractivity contribution is 5.85. The van der Waals surface area contributed by atoms with Gasteiger partial charge < -0.3 is 14.7 Å². The molecule has 0 spiro atoms. The number of rotatable bonds is 9. The number of ether oxygens (including phenoxy) is 1. The molecule has 0 radical (unpaired) electrons. The third-order valence-corrected chi connectivity index (χ3v) is 5.43. The topological polar surface area (TPSA) is 49.8 Å². The van der Waals surface area contributed by atoms with E-state index in [2.05, 4.69) is 18.7 Å². The number of carbonyl (C=O) groups is 1. The molecule has 0 aromatic heterocycles. The van der Waals surface area contributed by atoms with Gasteiger partial charge in [0.1, 0.15) is 6.61 Å². The molecule has 4 heteroatoms. The fourth-order valence-corrected chi connectivity index (χ4v) is 3.53. The van der Waals surface area contributed by atoms with Gasteiger partial charge in [0, 0.05) is 6.54 Å². The molecule has 3 aromatic rings. The average molecular weight is 404 g/mol. The molecule has 0 aliphatic carbocycles. The van der Waals surface area contributed by atoms with Crippen LogP contribution in [0.4, 0.5) is 0 Å². The molecule has 30 heavy (non-hydrogen) atoms. The van der Waals surface area contributed by atoms with E-state index in [4.69, 9.17) is 4.74 Å². The maximum absolute atomic E-state index is 13.1. The smallest absolute Gasteiger partial charge is 0.347 e. The summed E-state index contributed by atoms with van der Waals surface area (Å²) in [7, 11) is 0. The standard InChI is InChI=1S/C26H29NO3/c1-3-27(4-2)19-20-30-25(28)26(29,23-13-9-6-10-14-23)24-17-15-22(16-18-24)21-11-7-5-8-12-21/h5-18,29H,3-4,19-20H2,1-2H3/t26-/m1/s1. The second-order valence-electron chi connectivity index (χ2n) is 7.18. The normalized spacial score (nSPS) is 13.1. The Bertz CT molecular complexity index is 922. The number of benzene rings is 3. The number of carbonyl (C=O) groups excluding carboxylic acids is 1. The van der Waals surface area contributed by atoms with E-state index < -0.39 is 11.6 Å². The molecule has 156 valence electrons. The van der Waals surface area contributed by atoms with Crippen LogP contribution in [-0.4, -0.2) is 42.2 Å². The van der Waals surface area contributed by atoms with Crippen molar-refractivity contribution in [3.05, 3.63) is 96.1 Å². The molecule has 0 aliphatic heterocycles. The van der Waals surface area contributed by atoms with Crippen molar-refractivity contribution in [1.29, 1.82) is 0 Å². The first-order chi connectivity index (χ1) is 14.6. The monoisotopic (exact) mass is 403 g/mol. The Morgan fingerprint density at radius 1 is 0.800 bits per heavy atom. The summed E-state index contributed by atoms with van der Waals surface area (Å²) in [5.41, 5.74) is 1.21. The Morgan fingerprint density at radius 2 is 1.30 bits per heavy atom. The lowest BCUT2D eigenvalue weighted by Crippen LogP contribution is -2.40. The quantitative estimate of drug-likeness (QED) is 0.536. The molecule has 1 N–H and O–H groups in total. The van der Waals surface area contributed by atoms with Crippen LogP contribution in [0.1, 0.15) is 25.0 Å². The van der Waals surface area contributed by atoms with Crippen molar-refractivity contribution in [3.63, 3.8) is 0 Å². The van der Waals surface area contributed by atoms with E-state index in [0.29, 0.717) is 17.7 Å². The summed E-state index contributed by atoms with van der Waals surface area (Å²) >= 11 is 0.